The number of rotatable bonds is 6. The second kappa shape index (κ2) is 6.53. The summed E-state index contributed by atoms with van der Waals surface area (Å²) in [4.78, 5) is 5.82. The Morgan fingerprint density at radius 2 is 2.39 bits per heavy atom. The lowest BCUT2D eigenvalue weighted by Crippen LogP contribution is -2.32. The number of aromatic nitrogens is 1. The van der Waals surface area contributed by atoms with E-state index in [1.165, 1.54) is 13.3 Å². The molecule has 1 unspecified atom stereocenters. The van der Waals surface area contributed by atoms with E-state index in [1.54, 1.807) is 18.0 Å². The highest BCUT2D eigenvalue weighted by Gasteiger charge is 2.15. The number of amidine groups is 1. The van der Waals surface area contributed by atoms with Crippen molar-refractivity contribution in [2.45, 2.75) is 6.10 Å². The standard InChI is InChI=1S/C11H17ClN4O2/c1-16(5-7(17)6-18-2)11-9(12)8(10(13)14)3-4-15-11/h3-4,7,17H,5-6H2,1-2H3,(H3,13,14). The van der Waals surface area contributed by atoms with Gasteiger partial charge in [0.05, 0.1) is 17.7 Å². The van der Waals surface area contributed by atoms with Crippen LogP contribution in [0.25, 0.3) is 0 Å². The third-order valence-electron chi connectivity index (χ3n) is 2.37. The summed E-state index contributed by atoms with van der Waals surface area (Å²) in [6.45, 7) is 0.552. The molecule has 4 N–H and O–H groups in total. The molecule has 1 aromatic rings. The SMILES string of the molecule is COCC(O)CN(C)c1nccc(C(=N)N)c1Cl. The predicted molar refractivity (Wildman–Crippen MR) is 71.4 cm³/mol. The maximum absolute atomic E-state index is 9.65. The molecule has 0 radical (unpaired) electrons. The Hall–Kier alpha value is -1.37. The first-order valence-corrected chi connectivity index (χ1v) is 5.72. The molecule has 1 rings (SSSR count). The largest absolute Gasteiger partial charge is 0.389 e. The quantitative estimate of drug-likeness (QED) is 0.517. The molecular weight excluding hydrogens is 256 g/mol. The van der Waals surface area contributed by atoms with Crippen LogP contribution in [0, 0.1) is 5.41 Å². The molecule has 0 saturated carbocycles. The lowest BCUT2D eigenvalue weighted by Gasteiger charge is -2.22. The maximum Gasteiger partial charge on any atom is 0.147 e. The summed E-state index contributed by atoms with van der Waals surface area (Å²) in [6, 6.07) is 1.58. The van der Waals surface area contributed by atoms with Gasteiger partial charge in [-0.25, -0.2) is 4.98 Å². The second-order valence-electron chi connectivity index (χ2n) is 3.90. The molecule has 1 atom stereocenters. The number of nitrogens with two attached hydrogens (primary N) is 1. The number of methoxy groups -OCH3 is 1. The van der Waals surface area contributed by atoms with Crippen LogP contribution in [0.2, 0.25) is 5.02 Å². The highest BCUT2D eigenvalue weighted by molar-refractivity contribution is 6.36. The summed E-state index contributed by atoms with van der Waals surface area (Å²) in [7, 11) is 3.27. The van der Waals surface area contributed by atoms with Crippen LogP contribution in [0.4, 0.5) is 5.82 Å². The fourth-order valence-corrected chi connectivity index (χ4v) is 1.91. The number of pyridine rings is 1. The fourth-order valence-electron chi connectivity index (χ4n) is 1.55. The number of anilines is 1. The minimum atomic E-state index is -0.640. The summed E-state index contributed by atoms with van der Waals surface area (Å²) in [5.41, 5.74) is 5.84. The number of nitrogen functional groups attached to an aromatic ring is 1. The van der Waals surface area contributed by atoms with Crippen molar-refractivity contribution >= 4 is 23.3 Å². The van der Waals surface area contributed by atoms with Gasteiger partial charge in [0.1, 0.15) is 11.7 Å². The molecule has 0 amide bonds. The van der Waals surface area contributed by atoms with Crippen LogP contribution in [-0.4, -0.2) is 49.3 Å². The van der Waals surface area contributed by atoms with Crippen molar-refractivity contribution in [3.63, 3.8) is 0 Å². The number of hydrogen-bond acceptors (Lipinski definition) is 5. The molecule has 0 aromatic carbocycles. The number of nitrogens with zero attached hydrogens (tertiary/aromatic N) is 2. The number of aliphatic hydroxyl groups excluding tert-OH is 1. The Labute approximate surface area is 111 Å². The first-order chi connectivity index (χ1) is 8.47. The van der Waals surface area contributed by atoms with Crippen molar-refractivity contribution in [2.75, 3.05) is 32.2 Å². The van der Waals surface area contributed by atoms with E-state index in [9.17, 15) is 5.11 Å². The normalized spacial score (nSPS) is 12.2. The van der Waals surface area contributed by atoms with E-state index >= 15 is 0 Å². The number of nitrogens with one attached hydrogen (secondary N) is 1. The van der Waals surface area contributed by atoms with Crippen molar-refractivity contribution in [3.8, 4) is 0 Å². The first kappa shape index (κ1) is 14.7. The summed E-state index contributed by atoms with van der Waals surface area (Å²) >= 11 is 6.12. The summed E-state index contributed by atoms with van der Waals surface area (Å²) in [5.74, 6) is 0.356. The molecule has 0 bridgehead atoms. The van der Waals surface area contributed by atoms with Crippen LogP contribution in [0.1, 0.15) is 5.56 Å². The Bertz CT molecular complexity index is 428. The number of hydrogen-bond donors (Lipinski definition) is 3. The first-order valence-electron chi connectivity index (χ1n) is 5.34. The second-order valence-corrected chi connectivity index (χ2v) is 4.28. The van der Waals surface area contributed by atoms with Gasteiger partial charge in [-0.1, -0.05) is 11.6 Å². The Balaban J connectivity index is 2.89. The molecule has 18 heavy (non-hydrogen) atoms. The lowest BCUT2D eigenvalue weighted by atomic mass is 10.2. The molecule has 1 aromatic heterocycles. The number of ether oxygens (including phenoxy) is 1. The van der Waals surface area contributed by atoms with Gasteiger partial charge in [-0.3, -0.25) is 5.41 Å². The molecule has 0 aliphatic heterocycles. The van der Waals surface area contributed by atoms with Crippen LogP contribution < -0.4 is 10.6 Å². The number of aliphatic hydroxyl groups is 1. The van der Waals surface area contributed by atoms with Gasteiger partial charge >= 0.3 is 0 Å². The van der Waals surface area contributed by atoms with Gasteiger partial charge < -0.3 is 20.5 Å². The third-order valence-corrected chi connectivity index (χ3v) is 2.74. The molecule has 0 saturated heterocycles. The van der Waals surface area contributed by atoms with Gasteiger partial charge in [0.25, 0.3) is 0 Å². The van der Waals surface area contributed by atoms with Crippen LogP contribution in [0.15, 0.2) is 12.3 Å². The van der Waals surface area contributed by atoms with Crippen molar-refractivity contribution < 1.29 is 9.84 Å². The Kier molecular flexibility index (Phi) is 5.33. The zero-order chi connectivity index (χ0) is 13.7. The molecule has 0 aliphatic carbocycles. The highest BCUT2D eigenvalue weighted by atomic mass is 35.5. The average molecular weight is 273 g/mol. The van der Waals surface area contributed by atoms with Gasteiger partial charge in [-0.15, -0.1) is 0 Å². The van der Waals surface area contributed by atoms with E-state index < -0.39 is 6.10 Å². The molecule has 0 spiro atoms. The zero-order valence-corrected chi connectivity index (χ0v) is 11.1. The lowest BCUT2D eigenvalue weighted by molar-refractivity contribution is 0.0694. The fraction of sp³-hybridized carbons (Fsp3) is 0.455. The Morgan fingerprint density at radius 1 is 1.72 bits per heavy atom. The number of likely N-dealkylation sites (N-methyl/N-ethyl adjacent to an activating group) is 1. The van der Waals surface area contributed by atoms with E-state index in [0.29, 0.717) is 22.9 Å². The van der Waals surface area contributed by atoms with Gasteiger partial charge in [-0.2, -0.15) is 0 Å². The van der Waals surface area contributed by atoms with Crippen LogP contribution in [0.3, 0.4) is 0 Å². The van der Waals surface area contributed by atoms with E-state index in [0.717, 1.165) is 0 Å². The molecule has 100 valence electrons. The van der Waals surface area contributed by atoms with Crippen molar-refractivity contribution in [1.29, 1.82) is 5.41 Å². The molecular formula is C11H17ClN4O2. The number of halogens is 1. The van der Waals surface area contributed by atoms with Gasteiger partial charge in [0, 0.05) is 32.5 Å². The molecule has 0 fully saturated rings. The van der Waals surface area contributed by atoms with Gasteiger partial charge in [0.2, 0.25) is 0 Å². The topological polar surface area (TPSA) is 95.5 Å². The summed E-state index contributed by atoms with van der Waals surface area (Å²) < 4.78 is 4.85. The minimum absolute atomic E-state index is 0.116. The monoisotopic (exact) mass is 272 g/mol. The summed E-state index contributed by atoms with van der Waals surface area (Å²) in [6.07, 6.45) is 0.885. The van der Waals surface area contributed by atoms with Crippen LogP contribution >= 0.6 is 11.6 Å². The smallest absolute Gasteiger partial charge is 0.147 e. The summed E-state index contributed by atoms with van der Waals surface area (Å²) in [5, 5.41) is 17.3. The van der Waals surface area contributed by atoms with Crippen molar-refractivity contribution in [1.82, 2.24) is 4.98 Å². The van der Waals surface area contributed by atoms with Crippen molar-refractivity contribution in [3.05, 3.63) is 22.8 Å². The van der Waals surface area contributed by atoms with E-state index in [2.05, 4.69) is 4.98 Å². The van der Waals surface area contributed by atoms with Gasteiger partial charge in [0.15, 0.2) is 0 Å². The highest BCUT2D eigenvalue weighted by Crippen LogP contribution is 2.25. The zero-order valence-electron chi connectivity index (χ0n) is 10.4. The minimum Gasteiger partial charge on any atom is -0.389 e. The van der Waals surface area contributed by atoms with E-state index in [4.69, 9.17) is 27.5 Å². The van der Waals surface area contributed by atoms with Crippen molar-refractivity contribution in [2.24, 2.45) is 5.73 Å². The molecule has 6 nitrogen and oxygen atoms in total. The van der Waals surface area contributed by atoms with Gasteiger partial charge in [-0.05, 0) is 6.07 Å². The van der Waals surface area contributed by atoms with E-state index in [-0.39, 0.29) is 12.4 Å². The molecule has 7 heteroatoms. The Morgan fingerprint density at radius 3 is 2.94 bits per heavy atom. The van der Waals surface area contributed by atoms with Crippen LogP contribution in [-0.2, 0) is 4.74 Å². The van der Waals surface area contributed by atoms with Crippen LogP contribution in [0.5, 0.6) is 0 Å². The van der Waals surface area contributed by atoms with E-state index in [1.807, 2.05) is 0 Å². The average Bonchev–Trinajstić information content (AvgIpc) is 2.28. The maximum atomic E-state index is 9.65. The predicted octanol–water partition coefficient (Wildman–Crippen LogP) is 0.463. The molecule has 0 aliphatic rings. The molecule has 1 heterocycles. The third kappa shape index (κ3) is 3.56.